The summed E-state index contributed by atoms with van der Waals surface area (Å²) in [7, 11) is 1.88. The van der Waals surface area contributed by atoms with E-state index in [0.29, 0.717) is 12.4 Å². The number of nitrogens with one attached hydrogen (secondary N) is 1. The maximum Gasteiger partial charge on any atom is 0.163 e. The molecule has 1 unspecified atom stereocenters. The van der Waals surface area contributed by atoms with E-state index in [9.17, 15) is 0 Å². The van der Waals surface area contributed by atoms with E-state index < -0.39 is 0 Å². The summed E-state index contributed by atoms with van der Waals surface area (Å²) >= 11 is 0. The van der Waals surface area contributed by atoms with Crippen molar-refractivity contribution < 1.29 is 9.47 Å². The van der Waals surface area contributed by atoms with E-state index in [0.717, 1.165) is 58.6 Å². The largest absolute Gasteiger partial charge is 0.491 e. The fraction of sp³-hybridized carbons (Fsp3) is 0.240. The quantitative estimate of drug-likeness (QED) is 0.483. The van der Waals surface area contributed by atoms with Gasteiger partial charge in [0.05, 0.1) is 11.6 Å². The molecule has 1 aliphatic heterocycles. The first-order valence-corrected chi connectivity index (χ1v) is 10.5. The Morgan fingerprint density at radius 3 is 2.74 bits per heavy atom. The van der Waals surface area contributed by atoms with Gasteiger partial charge in [0, 0.05) is 37.0 Å². The second kappa shape index (κ2) is 8.70. The lowest BCUT2D eigenvalue weighted by atomic mass is 10.0. The van der Waals surface area contributed by atoms with Crippen LogP contribution < -0.4 is 10.1 Å². The monoisotopic (exact) mass is 412 g/mol. The van der Waals surface area contributed by atoms with Crippen LogP contribution in [-0.4, -0.2) is 41.3 Å². The molecule has 31 heavy (non-hydrogen) atoms. The van der Waals surface area contributed by atoms with Crippen molar-refractivity contribution in [2.45, 2.75) is 18.9 Å². The molecule has 0 spiro atoms. The van der Waals surface area contributed by atoms with Gasteiger partial charge in [-0.2, -0.15) is 0 Å². The Balaban J connectivity index is 1.46. The predicted molar refractivity (Wildman–Crippen MR) is 122 cm³/mol. The Hall–Kier alpha value is -3.51. The van der Waals surface area contributed by atoms with Crippen LogP contribution in [0.4, 0.5) is 5.82 Å². The molecule has 5 rings (SSSR count). The first kappa shape index (κ1) is 19.5. The molecule has 1 fully saturated rings. The molecular weight excluding hydrogens is 388 g/mol. The van der Waals surface area contributed by atoms with Crippen LogP contribution in [0.5, 0.6) is 5.75 Å². The Labute approximate surface area is 181 Å². The van der Waals surface area contributed by atoms with E-state index in [1.807, 2.05) is 37.4 Å². The standard InChI is InChI=1S/C25H24N4O2/c1-26-25-22-14-18(9-10-23(22)28-24(29-25)19-6-3-11-27-15-19)17-5-2-7-20(13-17)31-16-21-8-4-12-30-21/h2-3,5-7,9-11,13-15,21H,4,8,12,16H2,1H3,(H,26,28,29). The first-order valence-electron chi connectivity index (χ1n) is 10.5. The lowest BCUT2D eigenvalue weighted by molar-refractivity contribution is 0.0680. The molecule has 6 heteroatoms. The molecule has 156 valence electrons. The van der Waals surface area contributed by atoms with Gasteiger partial charge in [0.25, 0.3) is 0 Å². The number of anilines is 1. The molecule has 4 aromatic rings. The molecule has 3 heterocycles. The number of pyridine rings is 1. The van der Waals surface area contributed by atoms with Crippen LogP contribution in [0.25, 0.3) is 33.4 Å². The van der Waals surface area contributed by atoms with Gasteiger partial charge >= 0.3 is 0 Å². The Bertz CT molecular complexity index is 1190. The van der Waals surface area contributed by atoms with Gasteiger partial charge in [-0.1, -0.05) is 18.2 Å². The maximum absolute atomic E-state index is 5.98. The summed E-state index contributed by atoms with van der Waals surface area (Å²) in [4.78, 5) is 13.6. The van der Waals surface area contributed by atoms with Crippen molar-refractivity contribution in [2.75, 3.05) is 25.6 Å². The van der Waals surface area contributed by atoms with Crippen molar-refractivity contribution in [3.63, 3.8) is 0 Å². The van der Waals surface area contributed by atoms with Crippen molar-refractivity contribution in [3.8, 4) is 28.3 Å². The highest BCUT2D eigenvalue weighted by atomic mass is 16.5. The average Bonchev–Trinajstić information content (AvgIpc) is 3.36. The van der Waals surface area contributed by atoms with Gasteiger partial charge in [0.15, 0.2) is 5.82 Å². The van der Waals surface area contributed by atoms with Gasteiger partial charge in [-0.3, -0.25) is 4.98 Å². The molecule has 6 nitrogen and oxygen atoms in total. The lowest BCUT2D eigenvalue weighted by Gasteiger charge is -2.13. The van der Waals surface area contributed by atoms with E-state index in [-0.39, 0.29) is 6.10 Å². The highest BCUT2D eigenvalue weighted by Crippen LogP contribution is 2.31. The molecule has 2 aromatic carbocycles. The first-order chi connectivity index (χ1) is 15.3. The zero-order valence-corrected chi connectivity index (χ0v) is 17.4. The fourth-order valence-electron chi connectivity index (χ4n) is 3.85. The van der Waals surface area contributed by atoms with E-state index in [4.69, 9.17) is 19.4 Å². The zero-order chi connectivity index (χ0) is 21.0. The van der Waals surface area contributed by atoms with E-state index in [2.05, 4.69) is 34.6 Å². The normalized spacial score (nSPS) is 15.8. The van der Waals surface area contributed by atoms with E-state index >= 15 is 0 Å². The molecule has 0 saturated carbocycles. The summed E-state index contributed by atoms with van der Waals surface area (Å²) in [5.41, 5.74) is 3.95. The topological polar surface area (TPSA) is 69.2 Å². The zero-order valence-electron chi connectivity index (χ0n) is 17.4. The summed E-state index contributed by atoms with van der Waals surface area (Å²) in [6.45, 7) is 1.43. The molecule has 1 saturated heterocycles. The number of hydrogen-bond donors (Lipinski definition) is 1. The van der Waals surface area contributed by atoms with Crippen LogP contribution >= 0.6 is 0 Å². The Kier molecular flexibility index (Phi) is 5.46. The summed E-state index contributed by atoms with van der Waals surface area (Å²) in [5.74, 6) is 2.30. The number of benzene rings is 2. The predicted octanol–water partition coefficient (Wildman–Crippen LogP) is 4.96. The lowest BCUT2D eigenvalue weighted by Crippen LogP contribution is -2.16. The molecule has 1 aliphatic rings. The third-order valence-electron chi connectivity index (χ3n) is 5.48. The van der Waals surface area contributed by atoms with Gasteiger partial charge in [0.1, 0.15) is 18.2 Å². The average molecular weight is 412 g/mol. The molecule has 1 atom stereocenters. The SMILES string of the molecule is CNc1nc(-c2cccnc2)nc2ccc(-c3cccc(OCC4CCCO4)c3)cc12. The van der Waals surface area contributed by atoms with Crippen LogP contribution in [0.3, 0.4) is 0 Å². The highest BCUT2D eigenvalue weighted by molar-refractivity contribution is 5.94. The molecular formula is C25H24N4O2. The smallest absolute Gasteiger partial charge is 0.163 e. The van der Waals surface area contributed by atoms with Crippen LogP contribution in [-0.2, 0) is 4.74 Å². The van der Waals surface area contributed by atoms with Crippen LogP contribution in [0.15, 0.2) is 67.0 Å². The van der Waals surface area contributed by atoms with Crippen molar-refractivity contribution in [1.82, 2.24) is 15.0 Å². The van der Waals surface area contributed by atoms with Crippen LogP contribution in [0, 0.1) is 0 Å². The molecule has 0 bridgehead atoms. The second-order valence-electron chi connectivity index (χ2n) is 7.59. The molecule has 0 aliphatic carbocycles. The van der Waals surface area contributed by atoms with Gasteiger partial charge in [0.2, 0.25) is 0 Å². The molecule has 0 radical (unpaired) electrons. The number of hydrogen-bond acceptors (Lipinski definition) is 6. The fourth-order valence-corrected chi connectivity index (χ4v) is 3.85. The minimum absolute atomic E-state index is 0.202. The van der Waals surface area contributed by atoms with Crippen molar-refractivity contribution in [3.05, 3.63) is 67.0 Å². The Morgan fingerprint density at radius 2 is 1.94 bits per heavy atom. The van der Waals surface area contributed by atoms with Gasteiger partial charge in [-0.15, -0.1) is 0 Å². The van der Waals surface area contributed by atoms with Crippen molar-refractivity contribution >= 4 is 16.7 Å². The van der Waals surface area contributed by atoms with Gasteiger partial charge < -0.3 is 14.8 Å². The minimum Gasteiger partial charge on any atom is -0.491 e. The van der Waals surface area contributed by atoms with Crippen LogP contribution in [0.2, 0.25) is 0 Å². The van der Waals surface area contributed by atoms with Crippen molar-refractivity contribution in [1.29, 1.82) is 0 Å². The molecule has 1 N–H and O–H groups in total. The second-order valence-corrected chi connectivity index (χ2v) is 7.59. The number of aromatic nitrogens is 3. The van der Waals surface area contributed by atoms with E-state index in [1.54, 1.807) is 12.4 Å². The highest BCUT2D eigenvalue weighted by Gasteiger charge is 2.16. The minimum atomic E-state index is 0.202. The van der Waals surface area contributed by atoms with Gasteiger partial charge in [-0.25, -0.2) is 9.97 Å². The number of fused-ring (bicyclic) bond motifs is 1. The third kappa shape index (κ3) is 4.20. The molecule has 2 aromatic heterocycles. The summed E-state index contributed by atoms with van der Waals surface area (Å²) in [5, 5.41) is 4.18. The maximum atomic E-state index is 5.98. The number of rotatable bonds is 6. The molecule has 0 amide bonds. The number of nitrogens with zero attached hydrogens (tertiary/aromatic N) is 3. The van der Waals surface area contributed by atoms with Crippen LogP contribution in [0.1, 0.15) is 12.8 Å². The number of ether oxygens (including phenoxy) is 2. The van der Waals surface area contributed by atoms with E-state index in [1.165, 1.54) is 0 Å². The van der Waals surface area contributed by atoms with Crippen molar-refractivity contribution in [2.24, 2.45) is 0 Å². The van der Waals surface area contributed by atoms with Gasteiger partial charge in [-0.05, 0) is 60.4 Å². The summed E-state index contributed by atoms with van der Waals surface area (Å²) in [6, 6.07) is 18.3. The third-order valence-corrected chi connectivity index (χ3v) is 5.48. The summed E-state index contributed by atoms with van der Waals surface area (Å²) < 4.78 is 11.6. The summed E-state index contributed by atoms with van der Waals surface area (Å²) in [6.07, 6.45) is 5.90. The Morgan fingerprint density at radius 1 is 1.03 bits per heavy atom.